The van der Waals surface area contributed by atoms with E-state index in [0.717, 1.165) is 12.5 Å². The Hall–Kier alpha value is -1.35. The van der Waals surface area contributed by atoms with Gasteiger partial charge in [0.1, 0.15) is 0 Å². The lowest BCUT2D eigenvalue weighted by molar-refractivity contribution is -0.121. The van der Waals surface area contributed by atoms with Crippen molar-refractivity contribution in [2.75, 3.05) is 26.2 Å². The minimum Gasteiger partial charge on any atom is -0.356 e. The predicted molar refractivity (Wildman–Crippen MR) is 96.5 cm³/mol. The van der Waals surface area contributed by atoms with Gasteiger partial charge < -0.3 is 10.2 Å². The quantitative estimate of drug-likeness (QED) is 0.832. The molecule has 1 aliphatic rings. The fourth-order valence-corrected chi connectivity index (χ4v) is 3.40. The molecule has 128 valence electrons. The number of nitrogens with zero attached hydrogens (tertiary/aromatic N) is 1. The number of benzene rings is 1. The molecular formula is C20H32N2O. The van der Waals surface area contributed by atoms with Crippen LogP contribution in [0.15, 0.2) is 30.3 Å². The largest absolute Gasteiger partial charge is 0.356 e. The summed E-state index contributed by atoms with van der Waals surface area (Å²) in [6.07, 6.45) is 3.00. The van der Waals surface area contributed by atoms with Crippen LogP contribution in [0.2, 0.25) is 0 Å². The van der Waals surface area contributed by atoms with Crippen molar-refractivity contribution in [2.24, 2.45) is 11.8 Å². The highest BCUT2D eigenvalue weighted by Gasteiger charge is 2.20. The minimum absolute atomic E-state index is 0.186. The summed E-state index contributed by atoms with van der Waals surface area (Å²) in [5.41, 5.74) is 1.24. The number of hydrogen-bond donors (Lipinski definition) is 1. The van der Waals surface area contributed by atoms with Crippen molar-refractivity contribution in [3.8, 4) is 0 Å². The third-order valence-corrected chi connectivity index (χ3v) is 4.78. The van der Waals surface area contributed by atoms with Crippen LogP contribution in [-0.2, 0) is 4.79 Å². The lowest BCUT2D eigenvalue weighted by Crippen LogP contribution is -2.40. The average Bonchev–Trinajstić information content (AvgIpc) is 2.54. The topological polar surface area (TPSA) is 32.3 Å². The van der Waals surface area contributed by atoms with Crippen LogP contribution in [0, 0.1) is 11.8 Å². The molecule has 1 aliphatic heterocycles. The first kappa shape index (κ1) is 18.0. The first-order valence-electron chi connectivity index (χ1n) is 9.08. The van der Waals surface area contributed by atoms with Gasteiger partial charge in [-0.3, -0.25) is 4.79 Å². The van der Waals surface area contributed by atoms with Gasteiger partial charge in [-0.25, -0.2) is 0 Å². The highest BCUT2D eigenvalue weighted by molar-refractivity contribution is 5.76. The lowest BCUT2D eigenvalue weighted by atomic mass is 9.95. The van der Waals surface area contributed by atoms with Gasteiger partial charge in [0.25, 0.3) is 0 Å². The molecule has 0 aliphatic carbocycles. The van der Waals surface area contributed by atoms with Crippen LogP contribution >= 0.6 is 0 Å². The van der Waals surface area contributed by atoms with Crippen LogP contribution in [0.3, 0.4) is 0 Å². The normalized spacial score (nSPS) is 18.1. The summed E-state index contributed by atoms with van der Waals surface area (Å²) in [6.45, 7) is 11.1. The van der Waals surface area contributed by atoms with Crippen LogP contribution in [0.1, 0.15) is 51.5 Å². The number of rotatable bonds is 7. The number of likely N-dealkylation sites (tertiary alicyclic amines) is 1. The first-order chi connectivity index (χ1) is 11.0. The van der Waals surface area contributed by atoms with E-state index in [0.29, 0.717) is 12.3 Å². The Labute approximate surface area is 141 Å². The molecule has 3 heteroatoms. The number of nitrogens with one attached hydrogen (secondary N) is 1. The molecule has 1 amide bonds. The molecule has 0 aromatic heterocycles. The zero-order valence-electron chi connectivity index (χ0n) is 14.9. The molecule has 1 aromatic rings. The van der Waals surface area contributed by atoms with Gasteiger partial charge in [-0.1, -0.05) is 51.1 Å². The predicted octanol–water partition coefficient (Wildman–Crippen LogP) is 3.66. The molecule has 0 saturated carbocycles. The van der Waals surface area contributed by atoms with Gasteiger partial charge in [0.2, 0.25) is 5.91 Å². The molecule has 1 unspecified atom stereocenters. The van der Waals surface area contributed by atoms with E-state index in [9.17, 15) is 4.79 Å². The van der Waals surface area contributed by atoms with Crippen LogP contribution in [0.25, 0.3) is 0 Å². The first-order valence-corrected chi connectivity index (χ1v) is 9.08. The zero-order valence-corrected chi connectivity index (χ0v) is 14.9. The van der Waals surface area contributed by atoms with Crippen molar-refractivity contribution >= 4 is 5.91 Å². The van der Waals surface area contributed by atoms with E-state index in [1.165, 1.54) is 38.0 Å². The second-order valence-electron chi connectivity index (χ2n) is 7.46. The maximum absolute atomic E-state index is 12.2. The third-order valence-electron chi connectivity index (χ3n) is 4.78. The Balaban J connectivity index is 1.65. The fourth-order valence-electron chi connectivity index (χ4n) is 3.40. The zero-order chi connectivity index (χ0) is 16.7. The van der Waals surface area contributed by atoms with E-state index in [4.69, 9.17) is 0 Å². The summed E-state index contributed by atoms with van der Waals surface area (Å²) >= 11 is 0. The standard InChI is InChI=1S/C20H32N2O/c1-16(2)15-22-11-9-18(10-12-22)14-21-20(23)13-17(3)19-7-5-4-6-8-19/h4-8,16-18H,9-15H2,1-3H3,(H,21,23). The maximum atomic E-state index is 12.2. The van der Waals surface area contributed by atoms with Gasteiger partial charge in [-0.2, -0.15) is 0 Å². The average molecular weight is 316 g/mol. The van der Waals surface area contributed by atoms with Crippen LogP contribution in [0.4, 0.5) is 0 Å². The Kier molecular flexibility index (Phi) is 7.10. The van der Waals surface area contributed by atoms with Gasteiger partial charge >= 0.3 is 0 Å². The van der Waals surface area contributed by atoms with Crippen molar-refractivity contribution < 1.29 is 4.79 Å². The number of carbonyl (C=O) groups excluding carboxylic acids is 1. The summed E-state index contributed by atoms with van der Waals surface area (Å²) in [5.74, 6) is 1.86. The van der Waals surface area contributed by atoms with Crippen molar-refractivity contribution in [2.45, 2.75) is 46.0 Å². The van der Waals surface area contributed by atoms with Gasteiger partial charge in [-0.05, 0) is 49.2 Å². The van der Waals surface area contributed by atoms with Gasteiger partial charge in [0.05, 0.1) is 0 Å². The minimum atomic E-state index is 0.186. The number of carbonyl (C=O) groups is 1. The molecule has 1 N–H and O–H groups in total. The molecule has 23 heavy (non-hydrogen) atoms. The summed E-state index contributed by atoms with van der Waals surface area (Å²) in [6, 6.07) is 10.3. The molecule has 0 spiro atoms. The molecule has 1 fully saturated rings. The van der Waals surface area contributed by atoms with Crippen molar-refractivity contribution in [1.29, 1.82) is 0 Å². The molecule has 1 saturated heterocycles. The van der Waals surface area contributed by atoms with Gasteiger partial charge in [0, 0.05) is 19.5 Å². The molecule has 3 nitrogen and oxygen atoms in total. The Bertz CT molecular complexity index is 464. The fraction of sp³-hybridized carbons (Fsp3) is 0.650. The van der Waals surface area contributed by atoms with Crippen molar-refractivity contribution in [3.63, 3.8) is 0 Å². The van der Waals surface area contributed by atoms with E-state index in [1.54, 1.807) is 0 Å². The molecule has 1 heterocycles. The number of piperidine rings is 1. The van der Waals surface area contributed by atoms with Crippen LogP contribution < -0.4 is 5.32 Å². The van der Waals surface area contributed by atoms with E-state index in [1.807, 2.05) is 18.2 Å². The summed E-state index contributed by atoms with van der Waals surface area (Å²) in [5, 5.41) is 3.15. The monoisotopic (exact) mass is 316 g/mol. The summed E-state index contributed by atoms with van der Waals surface area (Å²) < 4.78 is 0. The van der Waals surface area contributed by atoms with Crippen LogP contribution in [0.5, 0.6) is 0 Å². The second-order valence-corrected chi connectivity index (χ2v) is 7.46. The van der Waals surface area contributed by atoms with Crippen molar-refractivity contribution in [1.82, 2.24) is 10.2 Å². The van der Waals surface area contributed by atoms with Crippen molar-refractivity contribution in [3.05, 3.63) is 35.9 Å². The van der Waals surface area contributed by atoms with Gasteiger partial charge in [-0.15, -0.1) is 0 Å². The summed E-state index contributed by atoms with van der Waals surface area (Å²) in [7, 11) is 0. The van der Waals surface area contributed by atoms with Gasteiger partial charge in [0.15, 0.2) is 0 Å². The van der Waals surface area contributed by atoms with E-state index in [2.05, 4.69) is 43.1 Å². The van der Waals surface area contributed by atoms with E-state index >= 15 is 0 Å². The number of hydrogen-bond acceptors (Lipinski definition) is 2. The van der Waals surface area contributed by atoms with Crippen LogP contribution in [-0.4, -0.2) is 37.0 Å². The number of amides is 1. The Morgan fingerprint density at radius 2 is 1.83 bits per heavy atom. The highest BCUT2D eigenvalue weighted by Crippen LogP contribution is 2.19. The molecule has 2 rings (SSSR count). The smallest absolute Gasteiger partial charge is 0.220 e. The SMILES string of the molecule is CC(C)CN1CCC(CNC(=O)CC(C)c2ccccc2)CC1. The highest BCUT2D eigenvalue weighted by atomic mass is 16.1. The molecular weight excluding hydrogens is 284 g/mol. The Morgan fingerprint density at radius 3 is 2.43 bits per heavy atom. The lowest BCUT2D eigenvalue weighted by Gasteiger charge is -2.33. The Morgan fingerprint density at radius 1 is 1.17 bits per heavy atom. The second kappa shape index (κ2) is 9.07. The molecule has 1 atom stereocenters. The maximum Gasteiger partial charge on any atom is 0.220 e. The molecule has 1 aromatic carbocycles. The summed E-state index contributed by atoms with van der Waals surface area (Å²) in [4.78, 5) is 14.7. The molecule has 0 bridgehead atoms. The van der Waals surface area contributed by atoms with E-state index in [-0.39, 0.29) is 11.8 Å². The molecule has 0 radical (unpaired) electrons. The van der Waals surface area contributed by atoms with E-state index < -0.39 is 0 Å². The third kappa shape index (κ3) is 6.34.